The van der Waals surface area contributed by atoms with Crippen molar-refractivity contribution >= 4 is 22.5 Å². The van der Waals surface area contributed by atoms with Crippen molar-refractivity contribution in [1.82, 2.24) is 0 Å². The zero-order valence-corrected chi connectivity index (χ0v) is 21.0. The minimum atomic E-state index is -0.938. The Morgan fingerprint density at radius 2 is 0.882 bits per heavy atom. The molecule has 2 heteroatoms. The van der Waals surface area contributed by atoms with Crippen LogP contribution >= 0.6 is 0 Å². The highest BCUT2D eigenvalue weighted by Crippen LogP contribution is 2.18. The quantitative estimate of drug-likeness (QED) is 0.158. The molecular formula is C32H40BN. The van der Waals surface area contributed by atoms with E-state index in [0.717, 1.165) is 0 Å². The van der Waals surface area contributed by atoms with E-state index in [0.29, 0.717) is 0 Å². The van der Waals surface area contributed by atoms with Crippen molar-refractivity contribution in [2.45, 2.75) is 51.8 Å². The second-order valence-electron chi connectivity index (χ2n) is 9.37. The van der Waals surface area contributed by atoms with Gasteiger partial charge in [0.05, 0.1) is 6.15 Å². The monoisotopic (exact) mass is 449 g/mol. The fourth-order valence-electron chi connectivity index (χ4n) is 5.14. The van der Waals surface area contributed by atoms with Gasteiger partial charge in [0.25, 0.3) is 0 Å². The summed E-state index contributed by atoms with van der Waals surface area (Å²) in [5.74, 6) is 0. The van der Waals surface area contributed by atoms with Crippen LogP contribution in [-0.2, 0) is 7.05 Å². The summed E-state index contributed by atoms with van der Waals surface area (Å²) >= 11 is 0. The molecule has 1 aromatic heterocycles. The third-order valence-corrected chi connectivity index (χ3v) is 6.96. The molecule has 0 saturated heterocycles. The van der Waals surface area contributed by atoms with Gasteiger partial charge in [-0.1, -0.05) is 143 Å². The largest absolute Gasteiger partial charge is 0.208 e. The fourth-order valence-corrected chi connectivity index (χ4v) is 5.14. The predicted octanol–water partition coefficient (Wildman–Crippen LogP) is 6.03. The Labute approximate surface area is 207 Å². The maximum atomic E-state index is 2.33. The van der Waals surface area contributed by atoms with E-state index in [1.807, 2.05) is 42.2 Å². The van der Waals surface area contributed by atoms with Gasteiger partial charge in [0.1, 0.15) is 7.05 Å². The lowest BCUT2D eigenvalue weighted by Crippen LogP contribution is -2.66. The number of nitrogens with zero attached hydrogens (tertiary/aromatic N) is 1. The second-order valence-corrected chi connectivity index (χ2v) is 9.37. The Kier molecular flexibility index (Phi) is 10.7. The van der Waals surface area contributed by atoms with Gasteiger partial charge in [0, 0.05) is 12.1 Å². The number of hydrogen-bond acceptors (Lipinski definition) is 0. The van der Waals surface area contributed by atoms with Gasteiger partial charge in [-0.3, -0.25) is 0 Å². The molecule has 0 aliphatic heterocycles. The Morgan fingerprint density at radius 1 is 0.500 bits per heavy atom. The normalized spacial score (nSPS) is 10.9. The number of unbranched alkanes of at least 4 members (excludes halogenated alkanes) is 5. The highest BCUT2D eigenvalue weighted by molar-refractivity contribution is 7.11. The molecule has 0 unspecified atom stereocenters. The number of benzene rings is 3. The van der Waals surface area contributed by atoms with Crippen LogP contribution < -0.4 is 21.0 Å². The molecule has 0 bridgehead atoms. The van der Waals surface area contributed by atoms with Crippen LogP contribution in [0, 0.1) is 0 Å². The van der Waals surface area contributed by atoms with Crippen molar-refractivity contribution in [3.63, 3.8) is 0 Å². The molecule has 1 nitrogen and oxygen atoms in total. The first-order valence-corrected chi connectivity index (χ1v) is 13.0. The van der Waals surface area contributed by atoms with E-state index in [-0.39, 0.29) is 0 Å². The van der Waals surface area contributed by atoms with E-state index >= 15 is 0 Å². The Balaban J connectivity index is 0.000000396. The van der Waals surface area contributed by atoms with Crippen molar-refractivity contribution in [1.29, 1.82) is 0 Å². The molecule has 0 spiro atoms. The molecule has 0 radical (unpaired) electrons. The van der Waals surface area contributed by atoms with E-state index < -0.39 is 6.15 Å². The van der Waals surface area contributed by atoms with Gasteiger partial charge in [0.15, 0.2) is 12.4 Å². The fraction of sp³-hybridized carbons (Fsp3) is 0.281. The van der Waals surface area contributed by atoms with E-state index in [2.05, 4.69) is 97.9 Å². The van der Waals surface area contributed by atoms with Gasteiger partial charge in [-0.05, 0) is 0 Å². The molecule has 0 atom stereocenters. The predicted molar refractivity (Wildman–Crippen MR) is 150 cm³/mol. The first-order valence-electron chi connectivity index (χ1n) is 13.0. The van der Waals surface area contributed by atoms with Gasteiger partial charge in [0.2, 0.25) is 0 Å². The lowest BCUT2D eigenvalue weighted by Gasteiger charge is -2.43. The Bertz CT molecular complexity index is 937. The summed E-state index contributed by atoms with van der Waals surface area (Å²) in [4.78, 5) is 0. The first kappa shape index (κ1) is 25.5. The zero-order valence-electron chi connectivity index (χ0n) is 21.0. The lowest BCUT2D eigenvalue weighted by atomic mass is 9.14. The first-order chi connectivity index (χ1) is 16.8. The van der Waals surface area contributed by atoms with Gasteiger partial charge in [-0.2, -0.15) is 22.7 Å². The number of aromatic nitrogens is 1. The van der Waals surface area contributed by atoms with Crippen molar-refractivity contribution in [3.8, 4) is 0 Å². The van der Waals surface area contributed by atoms with Gasteiger partial charge in [-0.15, -0.1) is 0 Å². The highest BCUT2D eigenvalue weighted by Gasteiger charge is 2.28. The van der Waals surface area contributed by atoms with Gasteiger partial charge >= 0.3 is 0 Å². The van der Waals surface area contributed by atoms with Crippen LogP contribution in [0.2, 0.25) is 6.32 Å². The van der Waals surface area contributed by atoms with E-state index in [1.54, 1.807) is 0 Å². The molecule has 0 saturated carbocycles. The smallest absolute Gasteiger partial charge is 0.168 e. The summed E-state index contributed by atoms with van der Waals surface area (Å²) in [5, 5.41) is 0. The zero-order chi connectivity index (χ0) is 23.9. The van der Waals surface area contributed by atoms with Crippen molar-refractivity contribution in [3.05, 3.63) is 122 Å². The number of pyridine rings is 1. The maximum Gasteiger partial charge on any atom is 0.168 e. The van der Waals surface area contributed by atoms with E-state index in [1.165, 1.54) is 61.2 Å². The number of hydrogen-bond donors (Lipinski definition) is 0. The summed E-state index contributed by atoms with van der Waals surface area (Å²) in [6.45, 7) is 2.29. The molecule has 34 heavy (non-hydrogen) atoms. The molecule has 0 fully saturated rings. The van der Waals surface area contributed by atoms with Crippen molar-refractivity contribution in [2.75, 3.05) is 0 Å². The number of rotatable bonds is 10. The molecule has 1 heterocycles. The third kappa shape index (κ3) is 7.19. The second kappa shape index (κ2) is 14.2. The van der Waals surface area contributed by atoms with E-state index in [4.69, 9.17) is 0 Å². The van der Waals surface area contributed by atoms with E-state index in [9.17, 15) is 0 Å². The third-order valence-electron chi connectivity index (χ3n) is 6.96. The average molecular weight is 449 g/mol. The average Bonchev–Trinajstić information content (AvgIpc) is 2.91. The summed E-state index contributed by atoms with van der Waals surface area (Å²) in [5.41, 5.74) is 4.38. The molecule has 0 aliphatic rings. The standard InChI is InChI=1S/C26H32B.C6H8N/c1-2-3-4-5-6-16-23-27(24-17-10-7-11-18-24,25-19-12-8-13-20-25)26-21-14-9-15-22-26;1-7-5-3-2-4-6-7/h7-15,17-22H,2-6,16,23H2,1H3;2-6H,1H3/q-1;+1. The van der Waals surface area contributed by atoms with Gasteiger partial charge in [-0.25, -0.2) is 4.57 Å². The molecule has 0 amide bonds. The van der Waals surface area contributed by atoms with Crippen LogP contribution in [0.1, 0.15) is 45.4 Å². The molecule has 4 aromatic rings. The highest BCUT2D eigenvalue weighted by atomic mass is 14.9. The molecular weight excluding hydrogens is 409 g/mol. The number of aryl methyl sites for hydroxylation is 1. The lowest BCUT2D eigenvalue weighted by molar-refractivity contribution is -0.671. The minimum Gasteiger partial charge on any atom is -0.208 e. The van der Waals surface area contributed by atoms with Crippen molar-refractivity contribution < 1.29 is 4.57 Å². The summed E-state index contributed by atoms with van der Waals surface area (Å²) in [7, 11) is 2.00. The minimum absolute atomic E-state index is 0.938. The Hall–Kier alpha value is -3.13. The molecule has 0 N–H and O–H groups in total. The van der Waals surface area contributed by atoms with Crippen LogP contribution in [0.4, 0.5) is 0 Å². The maximum absolute atomic E-state index is 2.33. The summed E-state index contributed by atoms with van der Waals surface area (Å²) in [6, 6.07) is 39.5. The topological polar surface area (TPSA) is 3.88 Å². The van der Waals surface area contributed by atoms with Crippen molar-refractivity contribution in [2.24, 2.45) is 7.05 Å². The molecule has 4 rings (SSSR count). The van der Waals surface area contributed by atoms with Crippen LogP contribution in [-0.4, -0.2) is 6.15 Å². The van der Waals surface area contributed by atoms with Crippen LogP contribution in [0.5, 0.6) is 0 Å². The van der Waals surface area contributed by atoms with Crippen LogP contribution in [0.3, 0.4) is 0 Å². The SMILES string of the molecule is CCCCCCCC[B-](c1ccccc1)(c1ccccc1)c1ccccc1.C[n+]1ccccc1. The summed E-state index contributed by atoms with van der Waals surface area (Å²) < 4.78 is 2.00. The van der Waals surface area contributed by atoms with Crippen LogP contribution in [0.15, 0.2) is 122 Å². The van der Waals surface area contributed by atoms with Gasteiger partial charge < -0.3 is 0 Å². The van der Waals surface area contributed by atoms with Crippen LogP contribution in [0.25, 0.3) is 0 Å². The summed E-state index contributed by atoms with van der Waals surface area (Å²) in [6.07, 6.45) is 12.3. The molecule has 176 valence electrons. The molecule has 0 aliphatic carbocycles. The molecule has 3 aromatic carbocycles. The Morgan fingerprint density at radius 3 is 1.26 bits per heavy atom.